The largest absolute Gasteiger partial charge is 0.349 e. The quantitative estimate of drug-likeness (QED) is 0.600. The van der Waals surface area contributed by atoms with Crippen LogP contribution in [-0.4, -0.2) is 38.1 Å². The van der Waals surface area contributed by atoms with Gasteiger partial charge in [-0.2, -0.15) is 5.10 Å². The van der Waals surface area contributed by atoms with Crippen LogP contribution in [0.3, 0.4) is 0 Å². The fraction of sp³-hybridized carbons (Fsp3) is 0.478. The van der Waals surface area contributed by atoms with Gasteiger partial charge < -0.3 is 10.2 Å². The number of aromatic nitrogens is 4. The van der Waals surface area contributed by atoms with Gasteiger partial charge in [0.15, 0.2) is 5.65 Å². The van der Waals surface area contributed by atoms with Crippen LogP contribution in [0.15, 0.2) is 30.7 Å². The van der Waals surface area contributed by atoms with Gasteiger partial charge in [-0.15, -0.1) is 0 Å². The average molecular weight is 423 g/mol. The first kappa shape index (κ1) is 19.9. The lowest BCUT2D eigenvalue weighted by atomic mass is 9.74. The molecule has 3 atom stereocenters. The number of carbonyl (C=O) groups excluding carboxylic acids is 1. The number of hydrogen-bond acceptors (Lipinski definition) is 5. The summed E-state index contributed by atoms with van der Waals surface area (Å²) in [7, 11) is 0. The van der Waals surface area contributed by atoms with Crippen LogP contribution >= 0.6 is 0 Å². The molecule has 1 amide bonds. The zero-order valence-corrected chi connectivity index (χ0v) is 18.3. The molecule has 1 fully saturated rings. The highest BCUT2D eigenvalue weighted by atomic mass is 19.1. The van der Waals surface area contributed by atoms with Crippen LogP contribution in [-0.2, 0) is 6.42 Å². The number of hydrogen-bond donors (Lipinski definition) is 1. The van der Waals surface area contributed by atoms with E-state index in [1.165, 1.54) is 6.20 Å². The van der Waals surface area contributed by atoms with E-state index in [4.69, 9.17) is 4.98 Å². The lowest BCUT2D eigenvalue weighted by Crippen LogP contribution is -2.33. The maximum absolute atomic E-state index is 14.4. The Balaban J connectivity index is 1.75. The first-order chi connectivity index (χ1) is 14.8. The third-order valence-electron chi connectivity index (χ3n) is 7.11. The van der Waals surface area contributed by atoms with Crippen LogP contribution < -0.4 is 10.2 Å². The number of amides is 1. The van der Waals surface area contributed by atoms with Crippen LogP contribution in [0, 0.1) is 17.2 Å². The molecular formula is C23H27FN6O. The molecule has 3 aromatic rings. The molecule has 8 heteroatoms. The van der Waals surface area contributed by atoms with Crippen molar-refractivity contribution in [2.24, 2.45) is 11.3 Å². The molecule has 3 aromatic heterocycles. The molecule has 1 N–H and O–H groups in total. The van der Waals surface area contributed by atoms with Gasteiger partial charge in [0.25, 0.3) is 5.91 Å². The molecule has 31 heavy (non-hydrogen) atoms. The van der Waals surface area contributed by atoms with Crippen LogP contribution in [0.5, 0.6) is 0 Å². The van der Waals surface area contributed by atoms with Gasteiger partial charge in [-0.25, -0.2) is 13.9 Å². The Hall–Kier alpha value is -3.03. The number of rotatable bonds is 0. The van der Waals surface area contributed by atoms with Gasteiger partial charge >= 0.3 is 0 Å². The number of aryl methyl sites for hydroxylation is 1. The fourth-order valence-electron chi connectivity index (χ4n) is 4.94. The summed E-state index contributed by atoms with van der Waals surface area (Å²) < 4.78 is 16.0. The lowest BCUT2D eigenvalue weighted by molar-refractivity contribution is 0.0940. The zero-order chi connectivity index (χ0) is 21.9. The first-order valence-electron chi connectivity index (χ1n) is 10.8. The molecule has 0 spiro atoms. The molecule has 2 aliphatic heterocycles. The monoisotopic (exact) mass is 422 g/mol. The van der Waals surface area contributed by atoms with E-state index in [0.717, 1.165) is 23.6 Å². The molecule has 7 nitrogen and oxygen atoms in total. The van der Waals surface area contributed by atoms with E-state index in [1.54, 1.807) is 16.8 Å². The number of nitrogens with zero attached hydrogens (tertiary/aromatic N) is 5. The van der Waals surface area contributed by atoms with Crippen molar-refractivity contribution >= 4 is 17.4 Å². The summed E-state index contributed by atoms with van der Waals surface area (Å²) >= 11 is 0. The minimum absolute atomic E-state index is 0.0716. The van der Waals surface area contributed by atoms with Gasteiger partial charge in [0, 0.05) is 24.5 Å². The number of halogens is 1. The average Bonchev–Trinajstić information content (AvgIpc) is 3.24. The molecule has 0 aliphatic carbocycles. The minimum Gasteiger partial charge on any atom is -0.349 e. The normalized spacial score (nSPS) is 25.4. The molecule has 162 valence electrons. The third kappa shape index (κ3) is 3.16. The second kappa shape index (κ2) is 7.00. The van der Waals surface area contributed by atoms with Gasteiger partial charge in [0.1, 0.15) is 17.2 Å². The van der Waals surface area contributed by atoms with Crippen molar-refractivity contribution in [1.29, 1.82) is 0 Å². The van der Waals surface area contributed by atoms with Gasteiger partial charge in [-0.05, 0) is 48.8 Å². The van der Waals surface area contributed by atoms with Crippen molar-refractivity contribution in [2.45, 2.75) is 52.6 Å². The SMILES string of the molecule is CC1CCc2ncc(F)cc2[C@@H]2N(CC(C)C2(C)C)c2ccn3ncc(c3n2)C(=O)N1. The summed E-state index contributed by atoms with van der Waals surface area (Å²) in [5.74, 6) is 0.588. The predicted molar refractivity (Wildman–Crippen MR) is 115 cm³/mol. The standard InChI is InChI=1S/C23H27FN6O/c1-13-12-29-19-7-8-30-21(28-19)17(11-26-30)22(31)27-14(2)5-6-18-16(9-15(24)10-25-18)20(29)23(13,3)4/h7-11,13-14,20H,5-6,12H2,1-4H3,(H,27,31)/t13?,14?,20-/m0/s1. The van der Waals surface area contributed by atoms with Crippen molar-refractivity contribution in [1.82, 2.24) is 24.9 Å². The fourth-order valence-corrected chi connectivity index (χ4v) is 4.94. The summed E-state index contributed by atoms with van der Waals surface area (Å²) in [6, 6.07) is 3.39. The van der Waals surface area contributed by atoms with Crippen molar-refractivity contribution in [3.8, 4) is 0 Å². The minimum atomic E-state index is -0.332. The van der Waals surface area contributed by atoms with Gasteiger partial charge in [-0.3, -0.25) is 9.78 Å². The molecular weight excluding hydrogens is 395 g/mol. The highest BCUT2D eigenvalue weighted by molar-refractivity contribution is 5.99. The summed E-state index contributed by atoms with van der Waals surface area (Å²) in [6.45, 7) is 9.43. The van der Waals surface area contributed by atoms with Crippen LogP contribution in [0.2, 0.25) is 0 Å². The molecule has 5 heterocycles. The molecule has 0 aromatic carbocycles. The van der Waals surface area contributed by atoms with E-state index in [9.17, 15) is 9.18 Å². The van der Waals surface area contributed by atoms with Crippen molar-refractivity contribution < 1.29 is 9.18 Å². The first-order valence-corrected chi connectivity index (χ1v) is 10.8. The zero-order valence-electron chi connectivity index (χ0n) is 18.3. The molecule has 0 radical (unpaired) electrons. The number of nitrogens with one attached hydrogen (secondary N) is 1. The lowest BCUT2D eigenvalue weighted by Gasteiger charge is -2.36. The van der Waals surface area contributed by atoms with Crippen LogP contribution in [0.25, 0.3) is 5.65 Å². The predicted octanol–water partition coefficient (Wildman–Crippen LogP) is 3.55. The Morgan fingerprint density at radius 2 is 2.06 bits per heavy atom. The Morgan fingerprint density at radius 1 is 1.26 bits per heavy atom. The Bertz CT molecular complexity index is 1170. The molecule has 2 aliphatic rings. The van der Waals surface area contributed by atoms with Crippen molar-refractivity contribution in [3.05, 3.63) is 53.4 Å². The second-order valence-corrected chi connectivity index (χ2v) is 9.49. The van der Waals surface area contributed by atoms with E-state index >= 15 is 0 Å². The summed E-state index contributed by atoms with van der Waals surface area (Å²) in [5, 5.41) is 7.34. The Kier molecular flexibility index (Phi) is 4.50. The molecule has 2 unspecified atom stereocenters. The van der Waals surface area contributed by atoms with E-state index in [2.05, 4.69) is 41.1 Å². The molecule has 0 saturated carbocycles. The molecule has 1 saturated heterocycles. The van der Waals surface area contributed by atoms with Crippen molar-refractivity contribution in [2.75, 3.05) is 11.4 Å². The summed E-state index contributed by atoms with van der Waals surface area (Å²) in [6.07, 6.45) is 6.04. The Labute approximate surface area is 180 Å². The number of anilines is 1. The van der Waals surface area contributed by atoms with E-state index < -0.39 is 0 Å². The topological polar surface area (TPSA) is 75.4 Å². The second-order valence-electron chi connectivity index (χ2n) is 9.49. The Morgan fingerprint density at radius 3 is 2.87 bits per heavy atom. The molecule has 2 bridgehead atoms. The smallest absolute Gasteiger partial charge is 0.256 e. The van der Waals surface area contributed by atoms with E-state index in [0.29, 0.717) is 30.0 Å². The van der Waals surface area contributed by atoms with E-state index in [1.807, 2.05) is 19.2 Å². The highest BCUT2D eigenvalue weighted by Crippen LogP contribution is 2.52. The number of carbonyl (C=O) groups is 1. The van der Waals surface area contributed by atoms with Gasteiger partial charge in [0.2, 0.25) is 0 Å². The molecule has 5 rings (SSSR count). The van der Waals surface area contributed by atoms with E-state index in [-0.39, 0.29) is 29.2 Å². The highest BCUT2D eigenvalue weighted by Gasteiger charge is 2.48. The van der Waals surface area contributed by atoms with Crippen LogP contribution in [0.1, 0.15) is 61.8 Å². The van der Waals surface area contributed by atoms with Gasteiger partial charge in [0.05, 0.1) is 18.4 Å². The maximum Gasteiger partial charge on any atom is 0.256 e. The van der Waals surface area contributed by atoms with Gasteiger partial charge in [-0.1, -0.05) is 20.8 Å². The maximum atomic E-state index is 14.4. The number of fused-ring (bicyclic) bond motifs is 5. The summed E-state index contributed by atoms with van der Waals surface area (Å²) in [5.41, 5.74) is 2.64. The van der Waals surface area contributed by atoms with Crippen molar-refractivity contribution in [3.63, 3.8) is 0 Å². The third-order valence-corrected chi connectivity index (χ3v) is 7.11. The van der Waals surface area contributed by atoms with Crippen LogP contribution in [0.4, 0.5) is 10.2 Å². The summed E-state index contributed by atoms with van der Waals surface area (Å²) in [4.78, 5) is 24.5. The number of pyridine rings is 1.